The Labute approximate surface area is 107 Å². The number of rotatable bonds is 4. The molecule has 4 N–H and O–H groups in total. The Morgan fingerprint density at radius 1 is 1.44 bits per heavy atom. The van der Waals surface area contributed by atoms with Crippen molar-refractivity contribution < 1.29 is 9.18 Å². The second-order valence-electron chi connectivity index (χ2n) is 3.49. The number of aromatic nitrogens is 1. The fourth-order valence-corrected chi connectivity index (χ4v) is 2.06. The summed E-state index contributed by atoms with van der Waals surface area (Å²) in [6, 6.07) is 6.31. The van der Waals surface area contributed by atoms with Crippen molar-refractivity contribution in [3.63, 3.8) is 0 Å². The van der Waals surface area contributed by atoms with E-state index in [0.29, 0.717) is 16.5 Å². The summed E-state index contributed by atoms with van der Waals surface area (Å²) < 4.78 is 13.4. The highest BCUT2D eigenvalue weighted by atomic mass is 32.1. The van der Waals surface area contributed by atoms with Crippen LogP contribution in [-0.4, -0.2) is 10.9 Å². The van der Waals surface area contributed by atoms with Crippen molar-refractivity contribution in [2.75, 3.05) is 5.32 Å². The van der Waals surface area contributed by atoms with Crippen LogP contribution in [0.15, 0.2) is 29.6 Å². The summed E-state index contributed by atoms with van der Waals surface area (Å²) in [6.07, 6.45) is 0.103. The van der Waals surface area contributed by atoms with Crippen LogP contribution in [0.2, 0.25) is 0 Å². The zero-order valence-electron chi connectivity index (χ0n) is 9.31. The third kappa shape index (κ3) is 3.02. The van der Waals surface area contributed by atoms with Gasteiger partial charge in [-0.05, 0) is 12.1 Å². The van der Waals surface area contributed by atoms with Gasteiger partial charge in [-0.1, -0.05) is 12.1 Å². The van der Waals surface area contributed by atoms with Gasteiger partial charge in [-0.15, -0.1) is 11.3 Å². The molecule has 5 nitrogen and oxygen atoms in total. The average Bonchev–Trinajstić information content (AvgIpc) is 2.79. The second-order valence-corrected chi connectivity index (χ2v) is 4.35. The molecule has 0 saturated carbocycles. The lowest BCUT2D eigenvalue weighted by molar-refractivity contribution is -0.120. The molecule has 0 atom stereocenters. The van der Waals surface area contributed by atoms with Crippen LogP contribution in [-0.2, 0) is 11.2 Å². The molecule has 0 aliphatic rings. The Morgan fingerprint density at radius 3 is 2.94 bits per heavy atom. The number of carbonyl (C=O) groups is 1. The van der Waals surface area contributed by atoms with Gasteiger partial charge in [0.15, 0.2) is 5.13 Å². The van der Waals surface area contributed by atoms with Gasteiger partial charge in [0.2, 0.25) is 5.91 Å². The van der Waals surface area contributed by atoms with E-state index in [-0.39, 0.29) is 18.1 Å². The monoisotopic (exact) mass is 266 g/mol. The minimum atomic E-state index is -0.353. The first-order valence-corrected chi connectivity index (χ1v) is 6.02. The summed E-state index contributed by atoms with van der Waals surface area (Å²) in [7, 11) is 0. The minimum Gasteiger partial charge on any atom is -0.329 e. The van der Waals surface area contributed by atoms with Crippen LogP contribution >= 0.6 is 11.3 Å². The van der Waals surface area contributed by atoms with Gasteiger partial charge in [-0.2, -0.15) is 0 Å². The Morgan fingerprint density at radius 2 is 2.22 bits per heavy atom. The Kier molecular flexibility index (Phi) is 3.85. The van der Waals surface area contributed by atoms with Crippen molar-refractivity contribution in [3.05, 3.63) is 41.2 Å². The smallest absolute Gasteiger partial charge is 0.239 e. The molecule has 1 amide bonds. The Hall–Kier alpha value is -1.99. The van der Waals surface area contributed by atoms with Gasteiger partial charge >= 0.3 is 0 Å². The molecule has 2 aromatic rings. The van der Waals surface area contributed by atoms with Gasteiger partial charge in [-0.3, -0.25) is 10.2 Å². The number of carbonyl (C=O) groups excluding carboxylic acids is 1. The number of nitrogens with zero attached hydrogens (tertiary/aromatic N) is 1. The fraction of sp³-hybridized carbons (Fsp3) is 0.0909. The zero-order valence-corrected chi connectivity index (χ0v) is 10.1. The van der Waals surface area contributed by atoms with E-state index in [0.717, 1.165) is 0 Å². The first kappa shape index (κ1) is 12.5. The van der Waals surface area contributed by atoms with E-state index < -0.39 is 0 Å². The molecule has 0 aliphatic carbocycles. The third-order valence-electron chi connectivity index (χ3n) is 2.17. The second kappa shape index (κ2) is 5.56. The van der Waals surface area contributed by atoms with Gasteiger partial charge in [0, 0.05) is 5.38 Å². The van der Waals surface area contributed by atoms with Crippen molar-refractivity contribution in [2.24, 2.45) is 5.84 Å². The summed E-state index contributed by atoms with van der Waals surface area (Å²) >= 11 is 1.30. The molecule has 7 heteroatoms. The predicted molar refractivity (Wildman–Crippen MR) is 67.8 cm³/mol. The lowest BCUT2D eigenvalue weighted by Gasteiger charge is -2.02. The number of nitrogens with one attached hydrogen (secondary N) is 2. The number of nitrogens with two attached hydrogens (primary N) is 1. The topological polar surface area (TPSA) is 80.0 Å². The zero-order chi connectivity index (χ0) is 13.0. The van der Waals surface area contributed by atoms with Crippen LogP contribution < -0.4 is 16.6 Å². The SMILES string of the molecule is NNC(=O)Cc1csc(Nc2ccccc2F)n1. The molecule has 0 radical (unpaired) electrons. The summed E-state index contributed by atoms with van der Waals surface area (Å²) in [5.74, 6) is 4.31. The molecule has 0 unspecified atom stereocenters. The first-order chi connectivity index (χ1) is 8.69. The van der Waals surface area contributed by atoms with Crippen LogP contribution in [0, 0.1) is 5.82 Å². The lowest BCUT2D eigenvalue weighted by atomic mass is 10.3. The van der Waals surface area contributed by atoms with E-state index in [1.165, 1.54) is 17.4 Å². The molecular weight excluding hydrogens is 255 g/mol. The summed E-state index contributed by atoms with van der Waals surface area (Å²) in [4.78, 5) is 15.2. The van der Waals surface area contributed by atoms with Crippen molar-refractivity contribution in [1.82, 2.24) is 10.4 Å². The van der Waals surface area contributed by atoms with Crippen molar-refractivity contribution in [3.8, 4) is 0 Å². The molecule has 0 saturated heterocycles. The number of hydrogen-bond donors (Lipinski definition) is 3. The molecule has 0 bridgehead atoms. The molecular formula is C11H11FN4OS. The quantitative estimate of drug-likeness (QED) is 0.446. The van der Waals surface area contributed by atoms with Gasteiger partial charge in [-0.25, -0.2) is 15.2 Å². The molecule has 0 spiro atoms. The maximum Gasteiger partial charge on any atom is 0.239 e. The number of anilines is 2. The highest BCUT2D eigenvalue weighted by Crippen LogP contribution is 2.22. The number of benzene rings is 1. The van der Waals surface area contributed by atoms with E-state index >= 15 is 0 Å². The average molecular weight is 266 g/mol. The number of hydrogen-bond acceptors (Lipinski definition) is 5. The normalized spacial score (nSPS) is 10.1. The van der Waals surface area contributed by atoms with Crippen LogP contribution in [0.4, 0.5) is 15.2 Å². The van der Waals surface area contributed by atoms with E-state index in [9.17, 15) is 9.18 Å². The maximum atomic E-state index is 13.4. The van der Waals surface area contributed by atoms with Crippen LogP contribution in [0.5, 0.6) is 0 Å². The van der Waals surface area contributed by atoms with Gasteiger partial charge in [0.25, 0.3) is 0 Å². The van der Waals surface area contributed by atoms with E-state index in [1.54, 1.807) is 23.6 Å². The summed E-state index contributed by atoms with van der Waals surface area (Å²) in [5, 5.41) is 5.10. The van der Waals surface area contributed by atoms with Crippen molar-refractivity contribution in [1.29, 1.82) is 0 Å². The summed E-state index contributed by atoms with van der Waals surface area (Å²) in [5.41, 5.74) is 2.96. The highest BCUT2D eigenvalue weighted by Gasteiger charge is 2.08. The maximum absolute atomic E-state index is 13.4. The fourth-order valence-electron chi connectivity index (χ4n) is 1.34. The number of amides is 1. The number of thiazole rings is 1. The molecule has 1 heterocycles. The summed E-state index contributed by atoms with van der Waals surface area (Å²) in [6.45, 7) is 0. The molecule has 1 aromatic carbocycles. The van der Waals surface area contributed by atoms with E-state index in [2.05, 4.69) is 10.3 Å². The lowest BCUT2D eigenvalue weighted by Crippen LogP contribution is -2.31. The van der Waals surface area contributed by atoms with Gasteiger partial charge in [0.05, 0.1) is 17.8 Å². The van der Waals surface area contributed by atoms with Gasteiger partial charge < -0.3 is 5.32 Å². The molecule has 0 fully saturated rings. The van der Waals surface area contributed by atoms with E-state index in [1.807, 2.05) is 5.43 Å². The number of para-hydroxylation sites is 1. The van der Waals surface area contributed by atoms with Crippen molar-refractivity contribution >= 4 is 28.1 Å². The van der Waals surface area contributed by atoms with E-state index in [4.69, 9.17) is 5.84 Å². The van der Waals surface area contributed by atoms with Crippen LogP contribution in [0.1, 0.15) is 5.69 Å². The molecule has 2 rings (SSSR count). The number of hydrazine groups is 1. The van der Waals surface area contributed by atoms with Crippen LogP contribution in [0.25, 0.3) is 0 Å². The minimum absolute atomic E-state index is 0.103. The largest absolute Gasteiger partial charge is 0.329 e. The third-order valence-corrected chi connectivity index (χ3v) is 2.98. The Bertz CT molecular complexity index is 557. The van der Waals surface area contributed by atoms with Gasteiger partial charge in [0.1, 0.15) is 5.82 Å². The standard InChI is InChI=1S/C11H11FN4OS/c12-8-3-1-2-4-9(8)15-11-14-7(6-18-11)5-10(17)16-13/h1-4,6H,5,13H2,(H,14,15)(H,16,17). The molecule has 94 valence electrons. The van der Waals surface area contributed by atoms with Crippen molar-refractivity contribution in [2.45, 2.75) is 6.42 Å². The highest BCUT2D eigenvalue weighted by molar-refractivity contribution is 7.13. The molecule has 18 heavy (non-hydrogen) atoms. The predicted octanol–water partition coefficient (Wildman–Crippen LogP) is 1.56. The molecule has 1 aromatic heterocycles. The molecule has 0 aliphatic heterocycles. The van der Waals surface area contributed by atoms with Crippen LogP contribution in [0.3, 0.4) is 0 Å². The number of halogens is 1. The Balaban J connectivity index is 2.07. The first-order valence-electron chi connectivity index (χ1n) is 5.14.